The first-order valence-electron chi connectivity index (χ1n) is 9.40. The Morgan fingerprint density at radius 2 is 1.18 bits per heavy atom. The summed E-state index contributed by atoms with van der Waals surface area (Å²) in [6.07, 6.45) is 1.76. The molecule has 0 aliphatic carbocycles. The molecule has 0 saturated heterocycles. The maximum Gasteiger partial charge on any atom is 0.475 e. The molecule has 1 atom stereocenters. The molecule has 1 unspecified atom stereocenters. The minimum Gasteiger partial charge on any atom is -0.304 e. The molecular formula is C16H33Cl3O7P2. The van der Waals surface area contributed by atoms with Crippen LogP contribution in [0.2, 0.25) is 0 Å². The molecule has 12 heteroatoms. The highest BCUT2D eigenvalue weighted by Crippen LogP contribution is 2.67. The summed E-state index contributed by atoms with van der Waals surface area (Å²) >= 11 is 18.1. The van der Waals surface area contributed by atoms with Crippen LogP contribution in [0.3, 0.4) is 0 Å². The van der Waals surface area contributed by atoms with E-state index in [4.69, 9.17) is 57.4 Å². The Labute approximate surface area is 184 Å². The Bertz CT molecular complexity index is 499. The van der Waals surface area contributed by atoms with Crippen LogP contribution in [0.15, 0.2) is 0 Å². The van der Waals surface area contributed by atoms with E-state index in [1.165, 1.54) is 0 Å². The normalized spacial score (nSPS) is 14.8. The first kappa shape index (κ1) is 29.1. The third-order valence-electron chi connectivity index (χ3n) is 3.01. The monoisotopic (exact) mass is 504 g/mol. The number of hydrogen-bond donors (Lipinski definition) is 0. The van der Waals surface area contributed by atoms with Gasteiger partial charge in [0.15, 0.2) is 0 Å². The molecule has 0 aromatic carbocycles. The van der Waals surface area contributed by atoms with Crippen molar-refractivity contribution in [2.75, 3.05) is 13.2 Å². The van der Waals surface area contributed by atoms with Gasteiger partial charge in [-0.1, -0.05) is 61.5 Å². The highest BCUT2D eigenvalue weighted by atomic mass is 35.6. The maximum atomic E-state index is 13.5. The average molecular weight is 506 g/mol. The number of rotatable bonds is 15. The molecule has 0 fully saturated rings. The molecule has 7 nitrogen and oxygen atoms in total. The zero-order valence-corrected chi connectivity index (χ0v) is 21.4. The van der Waals surface area contributed by atoms with Crippen LogP contribution in [0.4, 0.5) is 0 Å². The van der Waals surface area contributed by atoms with Gasteiger partial charge in [0.25, 0.3) is 0 Å². The van der Waals surface area contributed by atoms with Crippen LogP contribution in [0.1, 0.15) is 67.2 Å². The smallest absolute Gasteiger partial charge is 0.304 e. The molecule has 0 N–H and O–H groups in total. The van der Waals surface area contributed by atoms with Gasteiger partial charge in [0.2, 0.25) is 9.64 Å². The van der Waals surface area contributed by atoms with Gasteiger partial charge in [0.05, 0.1) is 25.4 Å². The number of phosphoric acid groups is 1. The van der Waals surface area contributed by atoms with Crippen molar-refractivity contribution in [3.8, 4) is 0 Å². The number of alkyl halides is 3. The van der Waals surface area contributed by atoms with Crippen molar-refractivity contribution in [1.29, 1.82) is 0 Å². The molecule has 0 saturated carbocycles. The van der Waals surface area contributed by atoms with Crippen LogP contribution < -0.4 is 0 Å². The molecule has 0 spiro atoms. The van der Waals surface area contributed by atoms with Crippen LogP contribution in [-0.2, 0) is 31.7 Å². The Morgan fingerprint density at radius 3 is 1.46 bits per heavy atom. The quantitative estimate of drug-likeness (QED) is 0.130. The van der Waals surface area contributed by atoms with Crippen LogP contribution in [0.25, 0.3) is 0 Å². The van der Waals surface area contributed by atoms with Crippen molar-refractivity contribution in [2.24, 2.45) is 0 Å². The predicted molar refractivity (Wildman–Crippen MR) is 115 cm³/mol. The van der Waals surface area contributed by atoms with E-state index in [-0.39, 0.29) is 13.2 Å². The number of hydrogen-bond acceptors (Lipinski definition) is 7. The van der Waals surface area contributed by atoms with Crippen LogP contribution in [-0.4, -0.2) is 35.1 Å². The van der Waals surface area contributed by atoms with E-state index in [2.05, 4.69) is 0 Å². The molecule has 0 aliphatic rings. The van der Waals surface area contributed by atoms with Gasteiger partial charge >= 0.3 is 15.4 Å². The molecule has 0 aromatic rings. The van der Waals surface area contributed by atoms with E-state index in [9.17, 15) is 9.13 Å². The Balaban J connectivity index is 5.84. The van der Waals surface area contributed by atoms with Gasteiger partial charge < -0.3 is 9.05 Å². The fourth-order valence-electron chi connectivity index (χ4n) is 1.88. The lowest BCUT2D eigenvalue weighted by Gasteiger charge is -2.34. The zero-order chi connectivity index (χ0) is 22.0. The fourth-order valence-corrected chi connectivity index (χ4v) is 7.19. The summed E-state index contributed by atoms with van der Waals surface area (Å²) in [5.41, 5.74) is 0. The van der Waals surface area contributed by atoms with Crippen molar-refractivity contribution in [3.05, 3.63) is 0 Å². The molecule has 0 heterocycles. The summed E-state index contributed by atoms with van der Waals surface area (Å²) in [6.45, 7) is 10.7. The van der Waals surface area contributed by atoms with Crippen molar-refractivity contribution in [2.45, 2.75) is 89.1 Å². The van der Waals surface area contributed by atoms with E-state index < -0.39 is 37.3 Å². The standard InChI is InChI=1S/C16H33Cl3O7P2/c1-7-9-11-22-28(21,23-12-10-8-2)26-15(16(17,18)19)27(20,24-13(3)4)25-14(5)6/h13-15H,7-12H2,1-6H3. The van der Waals surface area contributed by atoms with Gasteiger partial charge in [0, 0.05) is 0 Å². The van der Waals surface area contributed by atoms with Gasteiger partial charge in [0.1, 0.15) is 0 Å². The topological polar surface area (TPSA) is 80.3 Å². The minimum atomic E-state index is -4.20. The summed E-state index contributed by atoms with van der Waals surface area (Å²) in [6, 6.07) is 0. The molecule has 170 valence electrons. The average Bonchev–Trinajstić information content (AvgIpc) is 2.50. The van der Waals surface area contributed by atoms with Crippen LogP contribution in [0.5, 0.6) is 0 Å². The van der Waals surface area contributed by atoms with Gasteiger partial charge in [-0.3, -0.25) is 18.1 Å². The summed E-state index contributed by atoms with van der Waals surface area (Å²) in [5.74, 6) is -1.82. The lowest BCUT2D eigenvalue weighted by molar-refractivity contribution is 0.0691. The summed E-state index contributed by atoms with van der Waals surface area (Å²) in [4.78, 5) is 0. The third-order valence-corrected chi connectivity index (χ3v) is 8.19. The summed E-state index contributed by atoms with van der Waals surface area (Å²) in [7, 11) is -8.39. The molecule has 0 aromatic heterocycles. The second-order valence-corrected chi connectivity index (χ2v) is 12.6. The molecule has 0 aliphatic heterocycles. The minimum absolute atomic E-state index is 0.104. The molecule has 0 amide bonds. The first-order chi connectivity index (χ1) is 12.8. The molecule has 0 bridgehead atoms. The van der Waals surface area contributed by atoms with Gasteiger partial charge in [-0.15, -0.1) is 0 Å². The maximum absolute atomic E-state index is 13.5. The van der Waals surface area contributed by atoms with Gasteiger partial charge in [-0.2, -0.15) is 0 Å². The Morgan fingerprint density at radius 1 is 0.786 bits per heavy atom. The van der Waals surface area contributed by atoms with Gasteiger partial charge in [-0.25, -0.2) is 4.57 Å². The van der Waals surface area contributed by atoms with E-state index in [0.717, 1.165) is 12.8 Å². The number of unbranched alkanes of at least 4 members (excludes halogenated alkanes) is 2. The van der Waals surface area contributed by atoms with E-state index in [1.54, 1.807) is 27.7 Å². The number of phosphoric ester groups is 1. The third kappa shape index (κ3) is 11.5. The molecule has 0 radical (unpaired) electrons. The molecule has 0 rings (SSSR count). The van der Waals surface area contributed by atoms with Crippen LogP contribution in [0, 0.1) is 0 Å². The van der Waals surface area contributed by atoms with Crippen molar-refractivity contribution in [3.63, 3.8) is 0 Å². The Hall–Kier alpha value is 1.13. The fraction of sp³-hybridized carbons (Fsp3) is 1.00. The summed E-state index contributed by atoms with van der Waals surface area (Å²) in [5, 5.41) is 0. The van der Waals surface area contributed by atoms with Gasteiger partial charge in [-0.05, 0) is 40.5 Å². The highest BCUT2D eigenvalue weighted by Gasteiger charge is 2.55. The number of halogens is 3. The lowest BCUT2D eigenvalue weighted by atomic mass is 10.4. The van der Waals surface area contributed by atoms with E-state index in [0.29, 0.717) is 12.8 Å². The van der Waals surface area contributed by atoms with Crippen molar-refractivity contribution >= 4 is 50.2 Å². The first-order valence-corrected chi connectivity index (χ1v) is 13.6. The lowest BCUT2D eigenvalue weighted by Crippen LogP contribution is -2.32. The SMILES string of the molecule is CCCCOP(=O)(OCCCC)OC(C(Cl)(Cl)Cl)P(=O)(OC(C)C)OC(C)C. The van der Waals surface area contributed by atoms with E-state index in [1.807, 2.05) is 13.8 Å². The second-order valence-electron chi connectivity index (χ2n) is 6.67. The highest BCUT2D eigenvalue weighted by molar-refractivity contribution is 7.56. The largest absolute Gasteiger partial charge is 0.475 e. The van der Waals surface area contributed by atoms with Crippen molar-refractivity contribution in [1.82, 2.24) is 0 Å². The Kier molecular flexibility index (Phi) is 14.1. The molecular weight excluding hydrogens is 472 g/mol. The predicted octanol–water partition coefficient (Wildman–Crippen LogP) is 7.48. The zero-order valence-electron chi connectivity index (χ0n) is 17.4. The second kappa shape index (κ2) is 13.5. The molecule has 28 heavy (non-hydrogen) atoms. The van der Waals surface area contributed by atoms with Crippen molar-refractivity contribution < 1.29 is 31.7 Å². The van der Waals surface area contributed by atoms with Crippen LogP contribution >= 0.6 is 50.2 Å². The summed E-state index contributed by atoms with van der Waals surface area (Å²) < 4.78 is 51.4. The van der Waals surface area contributed by atoms with E-state index >= 15 is 0 Å².